The molecule has 0 unspecified atom stereocenters. The molecule has 0 aromatic carbocycles. The summed E-state index contributed by atoms with van der Waals surface area (Å²) in [4.78, 5) is 20.3. The number of nitrogens with one attached hydrogen (secondary N) is 1. The molecule has 0 atom stereocenters. The van der Waals surface area contributed by atoms with E-state index in [2.05, 4.69) is 37.2 Å². The molecule has 0 spiro atoms. The van der Waals surface area contributed by atoms with Gasteiger partial charge in [0.2, 0.25) is 5.91 Å². The van der Waals surface area contributed by atoms with Gasteiger partial charge in [-0.25, -0.2) is 0 Å². The van der Waals surface area contributed by atoms with Crippen LogP contribution in [0.2, 0.25) is 0 Å². The molecule has 2 heterocycles. The zero-order valence-electron chi connectivity index (χ0n) is 15.4. The minimum atomic E-state index is -0.624. The van der Waals surface area contributed by atoms with Gasteiger partial charge in [0.05, 0.1) is 12.1 Å². The van der Waals surface area contributed by atoms with Crippen LogP contribution in [0.5, 0.6) is 0 Å². The summed E-state index contributed by atoms with van der Waals surface area (Å²) in [5.41, 5.74) is 4.88. The van der Waals surface area contributed by atoms with Crippen LogP contribution in [0.3, 0.4) is 0 Å². The number of carbonyl (C=O) groups excluding carboxylic acids is 1. The van der Waals surface area contributed by atoms with E-state index in [0.29, 0.717) is 6.54 Å². The van der Waals surface area contributed by atoms with Gasteiger partial charge in [-0.2, -0.15) is 0 Å². The van der Waals surface area contributed by atoms with Gasteiger partial charge in [-0.3, -0.25) is 14.7 Å². The van der Waals surface area contributed by atoms with E-state index in [-0.39, 0.29) is 29.9 Å². The maximum atomic E-state index is 11.6. The monoisotopic (exact) mass is 464 g/mol. The van der Waals surface area contributed by atoms with Crippen molar-refractivity contribution in [1.29, 1.82) is 0 Å². The number of hydrogen-bond acceptors (Lipinski definition) is 5. The van der Waals surface area contributed by atoms with Crippen molar-refractivity contribution in [1.82, 2.24) is 29.9 Å². The Labute approximate surface area is 166 Å². The molecule has 1 amide bonds. The van der Waals surface area contributed by atoms with Gasteiger partial charge in [0.1, 0.15) is 6.33 Å². The van der Waals surface area contributed by atoms with E-state index in [9.17, 15) is 4.79 Å². The first-order chi connectivity index (χ1) is 11.4. The van der Waals surface area contributed by atoms with Crippen molar-refractivity contribution >= 4 is 35.8 Å². The summed E-state index contributed by atoms with van der Waals surface area (Å²) in [6.45, 7) is 10.3. The molecule has 1 aromatic rings. The molecule has 0 bridgehead atoms. The minimum Gasteiger partial charge on any atom is -0.368 e. The highest BCUT2D eigenvalue weighted by Gasteiger charge is 2.35. The number of rotatable bonds is 5. The van der Waals surface area contributed by atoms with E-state index in [4.69, 9.17) is 5.73 Å². The Morgan fingerprint density at radius 1 is 1.36 bits per heavy atom. The smallest absolute Gasteiger partial charge is 0.237 e. The summed E-state index contributed by atoms with van der Waals surface area (Å²) in [6.07, 6.45) is 1.73. The first kappa shape index (κ1) is 21.6. The Balaban J connectivity index is 0.00000312. The minimum absolute atomic E-state index is 0. The summed E-state index contributed by atoms with van der Waals surface area (Å²) < 4.78 is 1.99. The molecule has 10 heteroatoms. The normalized spacial score (nSPS) is 16.5. The average molecular weight is 464 g/mol. The lowest BCUT2D eigenvalue weighted by molar-refractivity contribution is -0.129. The highest BCUT2D eigenvalue weighted by Crippen LogP contribution is 2.16. The van der Waals surface area contributed by atoms with Crippen LogP contribution in [0.15, 0.2) is 11.3 Å². The molecular weight excluding hydrogens is 435 g/mol. The maximum absolute atomic E-state index is 11.6. The lowest BCUT2D eigenvalue weighted by Crippen LogP contribution is -2.61. The van der Waals surface area contributed by atoms with Crippen molar-refractivity contribution < 1.29 is 4.79 Å². The number of piperazine rings is 1. The fraction of sp³-hybridized carbons (Fsp3) is 0.733. The molecule has 0 radical (unpaired) electrons. The van der Waals surface area contributed by atoms with Crippen molar-refractivity contribution in [2.24, 2.45) is 10.7 Å². The molecular formula is C15H29IN8O. The lowest BCUT2D eigenvalue weighted by atomic mass is 10.0. The number of aryl methyl sites for hydroxylation is 1. The van der Waals surface area contributed by atoms with E-state index >= 15 is 0 Å². The Morgan fingerprint density at radius 3 is 2.52 bits per heavy atom. The third-order valence-corrected chi connectivity index (χ3v) is 4.63. The molecule has 0 aliphatic carbocycles. The largest absolute Gasteiger partial charge is 0.368 e. The van der Waals surface area contributed by atoms with Crippen molar-refractivity contribution in [3.05, 3.63) is 12.2 Å². The number of nitrogens with zero attached hydrogens (tertiary/aromatic N) is 6. The summed E-state index contributed by atoms with van der Waals surface area (Å²) >= 11 is 0. The van der Waals surface area contributed by atoms with Gasteiger partial charge < -0.3 is 20.5 Å². The maximum Gasteiger partial charge on any atom is 0.237 e. The van der Waals surface area contributed by atoms with E-state index in [1.807, 2.05) is 18.4 Å². The Morgan fingerprint density at radius 2 is 2.00 bits per heavy atom. The van der Waals surface area contributed by atoms with Crippen LogP contribution in [-0.2, 0) is 17.9 Å². The van der Waals surface area contributed by atoms with Crippen LogP contribution in [0, 0.1) is 0 Å². The van der Waals surface area contributed by atoms with Crippen LogP contribution in [0.25, 0.3) is 0 Å². The van der Waals surface area contributed by atoms with Gasteiger partial charge in [0, 0.05) is 39.8 Å². The molecule has 25 heavy (non-hydrogen) atoms. The van der Waals surface area contributed by atoms with Gasteiger partial charge in [-0.1, -0.05) is 0 Å². The summed E-state index contributed by atoms with van der Waals surface area (Å²) in [5.74, 6) is 1.42. The SMILES string of the molecule is CCn1cnnc1CNC(=NC)N1CCN(C(C)(C)C(N)=O)CC1.I. The van der Waals surface area contributed by atoms with Crippen molar-refractivity contribution in [3.63, 3.8) is 0 Å². The molecule has 1 aromatic heterocycles. The highest BCUT2D eigenvalue weighted by atomic mass is 127. The van der Waals surface area contributed by atoms with Crippen LogP contribution < -0.4 is 11.1 Å². The number of hydrogen-bond donors (Lipinski definition) is 2. The van der Waals surface area contributed by atoms with Gasteiger partial charge >= 0.3 is 0 Å². The fourth-order valence-electron chi connectivity index (χ4n) is 2.80. The van der Waals surface area contributed by atoms with E-state index in [1.54, 1.807) is 13.4 Å². The summed E-state index contributed by atoms with van der Waals surface area (Å²) in [7, 11) is 1.77. The fourth-order valence-corrected chi connectivity index (χ4v) is 2.80. The number of halogens is 1. The molecule has 142 valence electrons. The van der Waals surface area contributed by atoms with E-state index in [1.165, 1.54) is 0 Å². The number of aromatic nitrogens is 3. The van der Waals surface area contributed by atoms with Gasteiger partial charge in [-0.05, 0) is 20.8 Å². The summed E-state index contributed by atoms with van der Waals surface area (Å²) in [5, 5.41) is 11.4. The van der Waals surface area contributed by atoms with E-state index in [0.717, 1.165) is 44.5 Å². The first-order valence-corrected chi connectivity index (χ1v) is 8.27. The van der Waals surface area contributed by atoms with Crippen LogP contribution in [-0.4, -0.2) is 75.2 Å². The molecule has 2 rings (SSSR count). The number of primary amides is 1. The average Bonchev–Trinajstić information content (AvgIpc) is 3.03. The molecule has 1 aliphatic rings. The predicted molar refractivity (Wildman–Crippen MR) is 108 cm³/mol. The van der Waals surface area contributed by atoms with Crippen LogP contribution in [0.4, 0.5) is 0 Å². The van der Waals surface area contributed by atoms with E-state index < -0.39 is 5.54 Å². The number of carbonyl (C=O) groups is 1. The van der Waals surface area contributed by atoms with Gasteiger partial charge in [0.15, 0.2) is 11.8 Å². The lowest BCUT2D eigenvalue weighted by Gasteiger charge is -2.43. The quantitative estimate of drug-likeness (QED) is 0.358. The zero-order chi connectivity index (χ0) is 17.7. The Bertz CT molecular complexity index is 592. The molecule has 9 nitrogen and oxygen atoms in total. The van der Waals surface area contributed by atoms with Gasteiger partial charge in [-0.15, -0.1) is 34.2 Å². The number of aliphatic imine (C=N–C) groups is 1. The third kappa shape index (κ3) is 5.03. The standard InChI is InChI=1S/C15H28N8O.HI/c1-5-21-11-19-20-12(21)10-18-14(17-4)22-6-8-23(9-7-22)15(2,3)13(16)24;/h11H,5-10H2,1-4H3,(H2,16,24)(H,17,18);1H. The molecule has 1 fully saturated rings. The number of guanidine groups is 1. The molecule has 1 saturated heterocycles. The second kappa shape index (κ2) is 9.32. The highest BCUT2D eigenvalue weighted by molar-refractivity contribution is 14.0. The predicted octanol–water partition coefficient (Wildman–Crippen LogP) is -0.127. The summed E-state index contributed by atoms with van der Waals surface area (Å²) in [6, 6.07) is 0. The van der Waals surface area contributed by atoms with Crippen molar-refractivity contribution in [2.75, 3.05) is 33.2 Å². The van der Waals surface area contributed by atoms with Crippen molar-refractivity contribution in [3.8, 4) is 0 Å². The third-order valence-electron chi connectivity index (χ3n) is 4.63. The molecule has 3 N–H and O–H groups in total. The topological polar surface area (TPSA) is 105 Å². The number of amides is 1. The van der Waals surface area contributed by atoms with Gasteiger partial charge in [0.25, 0.3) is 0 Å². The molecule has 0 saturated carbocycles. The second-order valence-electron chi connectivity index (χ2n) is 6.33. The van der Waals surface area contributed by atoms with Crippen LogP contribution >= 0.6 is 24.0 Å². The zero-order valence-corrected chi connectivity index (χ0v) is 17.7. The van der Waals surface area contributed by atoms with Crippen molar-refractivity contribution in [2.45, 2.75) is 39.4 Å². The second-order valence-corrected chi connectivity index (χ2v) is 6.33. The van der Waals surface area contributed by atoms with Crippen LogP contribution in [0.1, 0.15) is 26.6 Å². The Kier molecular flexibility index (Phi) is 8.06. The number of nitrogens with two attached hydrogens (primary N) is 1. The Hall–Kier alpha value is -1.43. The molecule has 1 aliphatic heterocycles. The first-order valence-electron chi connectivity index (χ1n) is 8.27.